The van der Waals surface area contributed by atoms with E-state index in [2.05, 4.69) is 15.2 Å². The number of carbonyl (C=O) groups is 1. The Balaban J connectivity index is 1.21. The Hall–Kier alpha value is -2.54. The second kappa shape index (κ2) is 9.61. The van der Waals surface area contributed by atoms with Crippen molar-refractivity contribution in [2.24, 2.45) is 5.41 Å². The number of aromatic nitrogens is 1. The van der Waals surface area contributed by atoms with E-state index in [9.17, 15) is 9.59 Å². The number of hydrogen-bond donors (Lipinski definition) is 2. The Morgan fingerprint density at radius 2 is 1.88 bits per heavy atom. The molecule has 5 rings (SSSR count). The van der Waals surface area contributed by atoms with E-state index in [1.807, 2.05) is 47.4 Å². The van der Waals surface area contributed by atoms with E-state index in [-0.39, 0.29) is 17.0 Å². The fraction of sp³-hybridized carbons (Fsp3) is 0.385. The molecule has 2 fully saturated rings. The molecule has 0 bridgehead atoms. The average molecular weight is 499 g/mol. The van der Waals surface area contributed by atoms with Crippen LogP contribution in [0.15, 0.2) is 53.3 Å². The van der Waals surface area contributed by atoms with Crippen LogP contribution in [0.2, 0.25) is 10.0 Å². The molecule has 0 radical (unpaired) electrons. The van der Waals surface area contributed by atoms with Gasteiger partial charge in [0.15, 0.2) is 0 Å². The molecule has 2 saturated heterocycles. The largest absolute Gasteiger partial charge is 0.334 e. The molecule has 2 aromatic carbocycles. The maximum atomic E-state index is 13.1. The number of fused-ring (bicyclic) bond motifs is 1. The van der Waals surface area contributed by atoms with Crippen LogP contribution in [0.4, 0.5) is 4.79 Å². The molecule has 2 aliphatic rings. The topological polar surface area (TPSA) is 68.4 Å². The van der Waals surface area contributed by atoms with Crippen LogP contribution >= 0.6 is 23.2 Å². The van der Waals surface area contributed by atoms with Crippen LogP contribution in [0.25, 0.3) is 10.9 Å². The summed E-state index contributed by atoms with van der Waals surface area (Å²) in [5.41, 5.74) is 2.73. The first-order valence-corrected chi connectivity index (χ1v) is 12.5. The normalized spacial score (nSPS) is 20.8. The van der Waals surface area contributed by atoms with Gasteiger partial charge in [-0.3, -0.25) is 9.69 Å². The van der Waals surface area contributed by atoms with E-state index in [0.29, 0.717) is 16.6 Å². The lowest BCUT2D eigenvalue weighted by Gasteiger charge is -2.40. The van der Waals surface area contributed by atoms with Gasteiger partial charge >= 0.3 is 6.03 Å². The summed E-state index contributed by atoms with van der Waals surface area (Å²) in [6, 6.07) is 15.0. The van der Waals surface area contributed by atoms with Crippen LogP contribution in [-0.4, -0.2) is 47.0 Å². The van der Waals surface area contributed by atoms with Crippen molar-refractivity contribution in [2.45, 2.75) is 32.4 Å². The summed E-state index contributed by atoms with van der Waals surface area (Å²) < 4.78 is 0. The van der Waals surface area contributed by atoms with Gasteiger partial charge in [-0.2, -0.15) is 0 Å². The summed E-state index contributed by atoms with van der Waals surface area (Å²) in [7, 11) is 0. The summed E-state index contributed by atoms with van der Waals surface area (Å²) in [5.74, 6) is 0. The van der Waals surface area contributed by atoms with Gasteiger partial charge in [0.1, 0.15) is 0 Å². The van der Waals surface area contributed by atoms with E-state index >= 15 is 0 Å². The zero-order valence-corrected chi connectivity index (χ0v) is 20.5. The number of halogens is 2. The Kier molecular flexibility index (Phi) is 6.56. The van der Waals surface area contributed by atoms with E-state index in [1.54, 1.807) is 6.07 Å². The van der Waals surface area contributed by atoms with Crippen LogP contribution in [0.3, 0.4) is 0 Å². The van der Waals surface area contributed by atoms with Gasteiger partial charge in [0.2, 0.25) is 5.56 Å². The van der Waals surface area contributed by atoms with Crippen molar-refractivity contribution in [2.75, 3.05) is 26.2 Å². The summed E-state index contributed by atoms with van der Waals surface area (Å²) in [5, 5.41) is 5.16. The monoisotopic (exact) mass is 498 g/mol. The van der Waals surface area contributed by atoms with E-state index in [0.717, 1.165) is 74.0 Å². The van der Waals surface area contributed by atoms with Crippen LogP contribution in [0.5, 0.6) is 0 Å². The molecule has 2 aliphatic heterocycles. The number of piperidine rings is 1. The number of nitrogens with zero attached hydrogens (tertiary/aromatic N) is 2. The van der Waals surface area contributed by atoms with Gasteiger partial charge in [-0.1, -0.05) is 47.5 Å². The molecule has 1 unspecified atom stereocenters. The van der Waals surface area contributed by atoms with Gasteiger partial charge in [-0.15, -0.1) is 0 Å². The predicted octanol–water partition coefficient (Wildman–Crippen LogP) is 5.03. The number of pyridine rings is 1. The molecule has 8 heteroatoms. The number of carbonyl (C=O) groups excluding carboxylic acids is 1. The number of nitrogens with one attached hydrogen (secondary N) is 2. The standard InChI is InChI=1S/C26H28Cl2N4O2/c27-21-7-6-18(12-22(21)28)15-31-11-9-26(16-31)8-3-10-32(17-26)25(34)29-14-19-13-24(33)30-23-5-2-1-4-20(19)23/h1-2,4-7,12-13H,3,8-11,14-17H2,(H,29,34)(H,30,33). The number of hydrogen-bond acceptors (Lipinski definition) is 3. The minimum atomic E-state index is -0.159. The summed E-state index contributed by atoms with van der Waals surface area (Å²) in [6.45, 7) is 4.66. The Bertz CT molecular complexity index is 1280. The van der Waals surface area contributed by atoms with Crippen molar-refractivity contribution >= 4 is 40.1 Å². The summed E-state index contributed by atoms with van der Waals surface area (Å²) in [6.07, 6.45) is 3.21. The molecule has 1 spiro atoms. The molecule has 2 amide bonds. The molecule has 34 heavy (non-hydrogen) atoms. The van der Waals surface area contributed by atoms with Crippen LogP contribution < -0.4 is 10.9 Å². The van der Waals surface area contributed by atoms with Crippen LogP contribution in [-0.2, 0) is 13.1 Å². The van der Waals surface area contributed by atoms with Crippen molar-refractivity contribution in [3.63, 3.8) is 0 Å². The SMILES string of the molecule is O=C(NCc1cc(=O)[nH]c2ccccc12)N1CCCC2(CCN(Cc3ccc(Cl)c(Cl)c3)C2)C1. The second-order valence-corrected chi connectivity index (χ2v) is 10.4. The summed E-state index contributed by atoms with van der Waals surface area (Å²) in [4.78, 5) is 32.3. The molecule has 2 N–H and O–H groups in total. The second-order valence-electron chi connectivity index (χ2n) is 9.60. The number of urea groups is 1. The minimum Gasteiger partial charge on any atom is -0.334 e. The van der Waals surface area contributed by atoms with Gasteiger partial charge < -0.3 is 15.2 Å². The molecular formula is C26H28Cl2N4O2. The fourth-order valence-electron chi connectivity index (χ4n) is 5.48. The molecule has 3 aromatic rings. The highest BCUT2D eigenvalue weighted by Crippen LogP contribution is 2.39. The highest BCUT2D eigenvalue weighted by molar-refractivity contribution is 6.42. The zero-order valence-electron chi connectivity index (χ0n) is 18.9. The van der Waals surface area contributed by atoms with Gasteiger partial charge in [0, 0.05) is 55.1 Å². The number of benzene rings is 2. The highest BCUT2D eigenvalue weighted by atomic mass is 35.5. The first-order chi connectivity index (χ1) is 16.4. The number of para-hydroxylation sites is 1. The first kappa shape index (κ1) is 23.2. The highest BCUT2D eigenvalue weighted by Gasteiger charge is 2.42. The molecule has 1 aromatic heterocycles. The third-order valence-electron chi connectivity index (χ3n) is 7.12. The molecule has 3 heterocycles. The summed E-state index contributed by atoms with van der Waals surface area (Å²) >= 11 is 12.2. The van der Waals surface area contributed by atoms with Crippen molar-refractivity contribution in [3.8, 4) is 0 Å². The van der Waals surface area contributed by atoms with E-state index < -0.39 is 0 Å². The Morgan fingerprint density at radius 1 is 1.03 bits per heavy atom. The van der Waals surface area contributed by atoms with E-state index in [4.69, 9.17) is 23.2 Å². The number of rotatable bonds is 4. The zero-order chi connectivity index (χ0) is 23.7. The fourth-order valence-corrected chi connectivity index (χ4v) is 5.80. The number of amides is 2. The maximum absolute atomic E-state index is 13.1. The van der Waals surface area contributed by atoms with Crippen molar-refractivity contribution in [1.82, 2.24) is 20.1 Å². The number of H-pyrrole nitrogens is 1. The third-order valence-corrected chi connectivity index (χ3v) is 7.86. The third kappa shape index (κ3) is 4.95. The predicted molar refractivity (Wildman–Crippen MR) is 136 cm³/mol. The first-order valence-electron chi connectivity index (χ1n) is 11.7. The molecular weight excluding hydrogens is 471 g/mol. The average Bonchev–Trinajstić information content (AvgIpc) is 3.20. The van der Waals surface area contributed by atoms with Gasteiger partial charge in [0.05, 0.1) is 10.0 Å². The molecule has 1 atom stereocenters. The van der Waals surface area contributed by atoms with Crippen LogP contribution in [0, 0.1) is 5.41 Å². The number of likely N-dealkylation sites (tertiary alicyclic amines) is 2. The lowest BCUT2D eigenvalue weighted by molar-refractivity contribution is 0.107. The smallest absolute Gasteiger partial charge is 0.317 e. The molecule has 178 valence electrons. The molecule has 6 nitrogen and oxygen atoms in total. The van der Waals surface area contributed by atoms with Gasteiger partial charge in [-0.25, -0.2) is 4.79 Å². The lowest BCUT2D eigenvalue weighted by atomic mass is 9.79. The van der Waals surface area contributed by atoms with Gasteiger partial charge in [-0.05, 0) is 55.1 Å². The van der Waals surface area contributed by atoms with Crippen LogP contribution in [0.1, 0.15) is 30.4 Å². The Labute approximate surface area is 208 Å². The molecule has 0 saturated carbocycles. The molecule has 0 aliphatic carbocycles. The number of aromatic amines is 1. The minimum absolute atomic E-state index is 0.0635. The van der Waals surface area contributed by atoms with Gasteiger partial charge in [0.25, 0.3) is 0 Å². The van der Waals surface area contributed by atoms with E-state index in [1.165, 1.54) is 0 Å². The lowest BCUT2D eigenvalue weighted by Crippen LogP contribution is -2.50. The van der Waals surface area contributed by atoms with Crippen molar-refractivity contribution < 1.29 is 4.79 Å². The maximum Gasteiger partial charge on any atom is 0.317 e. The Morgan fingerprint density at radius 3 is 2.74 bits per heavy atom. The quantitative estimate of drug-likeness (QED) is 0.529. The van der Waals surface area contributed by atoms with Crippen molar-refractivity contribution in [1.29, 1.82) is 0 Å². The van der Waals surface area contributed by atoms with Crippen molar-refractivity contribution in [3.05, 3.63) is 80.1 Å².